The maximum absolute atomic E-state index is 13.3. The highest BCUT2D eigenvalue weighted by atomic mass is 16.4. The second-order valence-corrected chi connectivity index (χ2v) is 7.43. The van der Waals surface area contributed by atoms with Crippen molar-refractivity contribution in [2.24, 2.45) is 0 Å². The van der Waals surface area contributed by atoms with Gasteiger partial charge in [0.2, 0.25) is 0 Å². The number of aromatic hydroxyl groups is 7. The first-order valence-corrected chi connectivity index (χ1v) is 9.79. The molecule has 12 heteroatoms. The molecule has 3 rings (SSSR count). The maximum atomic E-state index is 13.3. The van der Waals surface area contributed by atoms with Crippen molar-refractivity contribution >= 4 is 17.8 Å². The molecule has 35 heavy (non-hydrogen) atoms. The molecule has 0 saturated heterocycles. The van der Waals surface area contributed by atoms with E-state index in [4.69, 9.17) is 0 Å². The summed E-state index contributed by atoms with van der Waals surface area (Å²) in [6, 6.07) is 6.12. The summed E-state index contributed by atoms with van der Waals surface area (Å²) < 4.78 is 0. The fourth-order valence-electron chi connectivity index (χ4n) is 3.25. The zero-order valence-electron chi connectivity index (χ0n) is 17.7. The molecule has 0 aliphatic heterocycles. The molecular formula is C23H19NO11. The van der Waals surface area contributed by atoms with Gasteiger partial charge < -0.3 is 40.9 Å². The minimum atomic E-state index is -1.89. The number of carboxylic acids is 1. The van der Waals surface area contributed by atoms with Gasteiger partial charge in [0.05, 0.1) is 0 Å². The molecule has 0 fully saturated rings. The van der Waals surface area contributed by atoms with Crippen LogP contribution >= 0.6 is 0 Å². The van der Waals surface area contributed by atoms with Crippen LogP contribution in [-0.4, -0.2) is 69.6 Å². The van der Waals surface area contributed by atoms with Crippen LogP contribution in [-0.2, 0) is 11.2 Å². The van der Waals surface area contributed by atoms with Gasteiger partial charge in [-0.25, -0.2) is 4.79 Å². The van der Waals surface area contributed by atoms with E-state index in [1.807, 2.05) is 0 Å². The Bertz CT molecular complexity index is 1200. The Balaban J connectivity index is 2.16. The molecule has 8 N–H and O–H groups in total. The molecule has 3 aromatic carbocycles. The Morgan fingerprint density at radius 2 is 1.03 bits per heavy atom. The number of benzene rings is 3. The number of rotatable bonds is 6. The van der Waals surface area contributed by atoms with Crippen LogP contribution in [0.5, 0.6) is 40.2 Å². The number of phenols is 7. The van der Waals surface area contributed by atoms with Crippen molar-refractivity contribution in [3.8, 4) is 40.2 Å². The number of nitrogens with zero attached hydrogens (tertiary/aromatic N) is 1. The standard InChI is InChI=1S/C23H19NO11/c25-13-3-1-10(2-4-13)5-14(23(34)35)24(21(32)11-6-15(26)19(30)16(27)7-11)22(33)12-8-17(28)20(31)18(29)9-12/h1-4,6-9,14,25-31H,5H2,(H,34,35)/t14-/m0/s1. The van der Waals surface area contributed by atoms with Crippen molar-refractivity contribution in [3.05, 3.63) is 65.2 Å². The molecule has 3 aromatic rings. The predicted molar refractivity (Wildman–Crippen MR) is 117 cm³/mol. The lowest BCUT2D eigenvalue weighted by Gasteiger charge is -2.28. The maximum Gasteiger partial charge on any atom is 0.327 e. The van der Waals surface area contributed by atoms with Crippen molar-refractivity contribution < 1.29 is 55.2 Å². The molecule has 0 heterocycles. The number of carbonyl (C=O) groups excluding carboxylic acids is 2. The number of imide groups is 1. The molecule has 0 radical (unpaired) electrons. The van der Waals surface area contributed by atoms with Crippen LogP contribution in [0.1, 0.15) is 26.3 Å². The highest BCUT2D eigenvalue weighted by Crippen LogP contribution is 2.38. The van der Waals surface area contributed by atoms with Gasteiger partial charge >= 0.3 is 5.97 Å². The number of phenolic OH excluding ortho intramolecular Hbond substituents is 7. The molecule has 0 saturated carbocycles. The van der Waals surface area contributed by atoms with Crippen molar-refractivity contribution in [2.75, 3.05) is 0 Å². The van der Waals surface area contributed by atoms with Crippen LogP contribution < -0.4 is 0 Å². The SMILES string of the molecule is O=C(O)[C@H](Cc1ccc(O)cc1)N(C(=O)c1cc(O)c(O)c(O)c1)C(=O)c1cc(O)c(O)c(O)c1. The predicted octanol–water partition coefficient (Wildman–Crippen LogP) is 1.60. The highest BCUT2D eigenvalue weighted by Gasteiger charge is 2.37. The van der Waals surface area contributed by atoms with Gasteiger partial charge in [0, 0.05) is 17.5 Å². The van der Waals surface area contributed by atoms with Crippen LogP contribution in [0.25, 0.3) is 0 Å². The first-order chi connectivity index (χ1) is 16.4. The molecule has 0 aliphatic carbocycles. The van der Waals surface area contributed by atoms with E-state index in [0.29, 0.717) is 29.8 Å². The Hall–Kier alpha value is -5.13. The van der Waals surface area contributed by atoms with Crippen LogP contribution in [0.3, 0.4) is 0 Å². The number of carbonyl (C=O) groups is 3. The molecule has 182 valence electrons. The minimum Gasteiger partial charge on any atom is -0.508 e. The second-order valence-electron chi connectivity index (χ2n) is 7.43. The number of hydrogen-bond donors (Lipinski definition) is 8. The van der Waals surface area contributed by atoms with E-state index in [1.54, 1.807) is 0 Å². The summed E-state index contributed by atoms with van der Waals surface area (Å²) >= 11 is 0. The Morgan fingerprint density at radius 1 is 0.657 bits per heavy atom. The van der Waals surface area contributed by atoms with Crippen molar-refractivity contribution in [3.63, 3.8) is 0 Å². The number of carboxylic acid groups (broad SMARTS) is 1. The van der Waals surface area contributed by atoms with Crippen LogP contribution in [0.15, 0.2) is 48.5 Å². The zero-order chi connectivity index (χ0) is 26.0. The lowest BCUT2D eigenvalue weighted by molar-refractivity contribution is -0.141. The van der Waals surface area contributed by atoms with E-state index in [-0.39, 0.29) is 10.6 Å². The fraction of sp³-hybridized carbons (Fsp3) is 0.0870. The molecule has 0 aliphatic rings. The number of hydrogen-bond acceptors (Lipinski definition) is 10. The second kappa shape index (κ2) is 9.39. The van der Waals surface area contributed by atoms with E-state index >= 15 is 0 Å². The van der Waals surface area contributed by atoms with E-state index < -0.39 is 75.9 Å². The summed E-state index contributed by atoms with van der Waals surface area (Å²) in [5.41, 5.74) is -0.848. The molecule has 1 atom stereocenters. The lowest BCUT2D eigenvalue weighted by Crippen LogP contribution is -2.49. The third kappa shape index (κ3) is 4.95. The van der Waals surface area contributed by atoms with E-state index in [0.717, 1.165) is 0 Å². The Labute approximate surface area is 196 Å². The molecule has 2 amide bonds. The summed E-state index contributed by atoms with van der Waals surface area (Å²) in [6.45, 7) is 0. The first-order valence-electron chi connectivity index (χ1n) is 9.79. The molecular weight excluding hydrogens is 466 g/mol. The lowest BCUT2D eigenvalue weighted by atomic mass is 10.0. The summed E-state index contributed by atoms with van der Waals surface area (Å²) in [5, 5.41) is 77.6. The van der Waals surface area contributed by atoms with Crippen LogP contribution in [0.4, 0.5) is 0 Å². The van der Waals surface area contributed by atoms with E-state index in [2.05, 4.69) is 0 Å². The van der Waals surface area contributed by atoms with Gasteiger partial charge in [0.1, 0.15) is 11.8 Å². The third-order valence-corrected chi connectivity index (χ3v) is 5.03. The van der Waals surface area contributed by atoms with Gasteiger partial charge in [0.25, 0.3) is 11.8 Å². The summed E-state index contributed by atoms with van der Waals surface area (Å²) in [7, 11) is 0. The normalized spacial score (nSPS) is 11.5. The smallest absolute Gasteiger partial charge is 0.327 e. The third-order valence-electron chi connectivity index (χ3n) is 5.03. The highest BCUT2D eigenvalue weighted by molar-refractivity contribution is 6.13. The summed E-state index contributed by atoms with van der Waals surface area (Å²) in [6.07, 6.45) is -0.445. The van der Waals surface area contributed by atoms with Gasteiger partial charge in [-0.05, 0) is 42.0 Å². The van der Waals surface area contributed by atoms with Crippen LogP contribution in [0.2, 0.25) is 0 Å². The van der Waals surface area contributed by atoms with E-state index in [9.17, 15) is 55.2 Å². The molecule has 0 aromatic heterocycles. The average molecular weight is 485 g/mol. The largest absolute Gasteiger partial charge is 0.508 e. The minimum absolute atomic E-state index is 0.116. The Morgan fingerprint density at radius 3 is 1.37 bits per heavy atom. The quantitative estimate of drug-likeness (QED) is 0.185. The topological polar surface area (TPSA) is 216 Å². The fourth-order valence-corrected chi connectivity index (χ4v) is 3.25. The van der Waals surface area contributed by atoms with Crippen LogP contribution in [0, 0.1) is 0 Å². The monoisotopic (exact) mass is 485 g/mol. The average Bonchev–Trinajstić information content (AvgIpc) is 2.80. The van der Waals surface area contributed by atoms with E-state index in [1.165, 1.54) is 24.3 Å². The zero-order valence-corrected chi connectivity index (χ0v) is 17.7. The Kier molecular flexibility index (Phi) is 6.58. The van der Waals surface area contributed by atoms with Gasteiger partial charge in [-0.3, -0.25) is 14.5 Å². The van der Waals surface area contributed by atoms with Gasteiger partial charge in [0.15, 0.2) is 34.5 Å². The molecule has 0 spiro atoms. The molecule has 0 unspecified atom stereocenters. The summed E-state index contributed by atoms with van der Waals surface area (Å²) in [4.78, 5) is 39.1. The molecule has 12 nitrogen and oxygen atoms in total. The molecule has 0 bridgehead atoms. The van der Waals surface area contributed by atoms with Crippen molar-refractivity contribution in [1.29, 1.82) is 0 Å². The van der Waals surface area contributed by atoms with Crippen molar-refractivity contribution in [1.82, 2.24) is 4.90 Å². The van der Waals surface area contributed by atoms with Gasteiger partial charge in [-0.1, -0.05) is 12.1 Å². The first kappa shape index (κ1) is 24.5. The van der Waals surface area contributed by atoms with Gasteiger partial charge in [-0.2, -0.15) is 0 Å². The van der Waals surface area contributed by atoms with Crippen molar-refractivity contribution in [2.45, 2.75) is 12.5 Å². The number of aliphatic carboxylic acids is 1. The summed E-state index contributed by atoms with van der Waals surface area (Å²) in [5.74, 6) is -10.0. The van der Waals surface area contributed by atoms with Gasteiger partial charge in [-0.15, -0.1) is 0 Å². The number of amides is 2.